The highest BCUT2D eigenvalue weighted by Crippen LogP contribution is 2.42. The second-order valence-corrected chi connectivity index (χ2v) is 12.8. The number of carbonyl (C=O) groups excluding carboxylic acids is 2. The molecule has 0 saturated carbocycles. The molecule has 7 rings (SSSR count). The van der Waals surface area contributed by atoms with E-state index in [1.165, 1.54) is 15.7 Å². The average molecular weight is 717 g/mol. The van der Waals surface area contributed by atoms with Crippen molar-refractivity contribution in [3.05, 3.63) is 62.5 Å². The minimum atomic E-state index is -4.61. The molecule has 3 aliphatic heterocycles. The van der Waals surface area contributed by atoms with E-state index in [1.54, 1.807) is 11.5 Å². The van der Waals surface area contributed by atoms with Gasteiger partial charge in [-0.05, 0) is 31.5 Å². The number of nitrogens with one attached hydrogen (secondary N) is 1. The molecular formula is C31H32ClF3N10O5. The quantitative estimate of drug-likeness (QED) is 0.312. The molecule has 2 amide bonds. The summed E-state index contributed by atoms with van der Waals surface area (Å²) in [5, 5.41) is 17.3. The molecule has 4 aromatic rings. The lowest BCUT2D eigenvalue weighted by Crippen LogP contribution is -2.51. The zero-order valence-corrected chi connectivity index (χ0v) is 27.7. The molecule has 3 aliphatic rings. The van der Waals surface area contributed by atoms with Gasteiger partial charge in [0.25, 0.3) is 11.5 Å². The lowest BCUT2D eigenvalue weighted by Gasteiger charge is -2.36. The molecule has 2 saturated heterocycles. The van der Waals surface area contributed by atoms with Gasteiger partial charge in [0, 0.05) is 45.2 Å². The Morgan fingerprint density at radius 1 is 1.06 bits per heavy atom. The van der Waals surface area contributed by atoms with Crippen molar-refractivity contribution in [2.24, 2.45) is 0 Å². The normalized spacial score (nSPS) is 19.6. The number of aromatic nitrogens is 6. The van der Waals surface area contributed by atoms with E-state index in [9.17, 15) is 32.7 Å². The van der Waals surface area contributed by atoms with Gasteiger partial charge in [0.15, 0.2) is 11.4 Å². The monoisotopic (exact) mass is 716 g/mol. The zero-order chi connectivity index (χ0) is 35.5. The average Bonchev–Trinajstić information content (AvgIpc) is 3.69. The number of carbonyl (C=O) groups is 2. The van der Waals surface area contributed by atoms with Gasteiger partial charge < -0.3 is 29.9 Å². The maximum atomic E-state index is 14.3. The number of alkyl halides is 3. The maximum absolute atomic E-state index is 14.3. The molecular weight excluding hydrogens is 685 g/mol. The number of benzene rings is 1. The Labute approximate surface area is 287 Å². The Kier molecular flexibility index (Phi) is 8.53. The van der Waals surface area contributed by atoms with Crippen LogP contribution in [0.4, 0.5) is 30.5 Å². The lowest BCUT2D eigenvalue weighted by atomic mass is 10.0. The van der Waals surface area contributed by atoms with Crippen LogP contribution < -0.4 is 20.7 Å². The van der Waals surface area contributed by atoms with Crippen LogP contribution in [0, 0.1) is 6.92 Å². The number of hydrogen-bond acceptors (Lipinski definition) is 11. The first-order chi connectivity index (χ1) is 23.8. The summed E-state index contributed by atoms with van der Waals surface area (Å²) in [5.74, 6) is -1.22. The van der Waals surface area contributed by atoms with E-state index in [0.717, 1.165) is 18.2 Å². The van der Waals surface area contributed by atoms with E-state index < -0.39 is 35.2 Å². The molecule has 0 radical (unpaired) electrons. The van der Waals surface area contributed by atoms with Crippen LogP contribution in [0.2, 0.25) is 5.02 Å². The number of fused-ring (bicyclic) bond motifs is 3. The van der Waals surface area contributed by atoms with Crippen molar-refractivity contribution in [1.29, 1.82) is 0 Å². The number of rotatable bonds is 5. The minimum Gasteiger partial charge on any atom is -0.504 e. The van der Waals surface area contributed by atoms with Crippen molar-refractivity contribution in [3.63, 3.8) is 0 Å². The molecule has 19 heteroatoms. The summed E-state index contributed by atoms with van der Waals surface area (Å²) in [6.07, 6.45) is -3.15. The summed E-state index contributed by atoms with van der Waals surface area (Å²) in [6.45, 7) is 6.24. The van der Waals surface area contributed by atoms with E-state index in [0.29, 0.717) is 37.7 Å². The van der Waals surface area contributed by atoms with Gasteiger partial charge in [-0.1, -0.05) is 18.5 Å². The van der Waals surface area contributed by atoms with Crippen molar-refractivity contribution >= 4 is 46.5 Å². The number of halogens is 4. The van der Waals surface area contributed by atoms with E-state index in [4.69, 9.17) is 21.3 Å². The van der Waals surface area contributed by atoms with Crippen LogP contribution in [-0.2, 0) is 15.7 Å². The SMILES string of the molecule is Cc1ncnc(C(=O)N2CCN(c3c4n(c5nc(N6CCOCC6)nn5c3=O)[C@@H](C(=O)Nc3ccc(C(F)(F)F)cc3Cl)C[C@H]4C)CC2)c1O. The summed E-state index contributed by atoms with van der Waals surface area (Å²) in [4.78, 5) is 59.3. The maximum Gasteiger partial charge on any atom is 0.416 e. The van der Waals surface area contributed by atoms with Crippen molar-refractivity contribution in [3.8, 4) is 5.75 Å². The third kappa shape index (κ3) is 5.85. The van der Waals surface area contributed by atoms with Crippen LogP contribution in [0.3, 0.4) is 0 Å². The van der Waals surface area contributed by atoms with Gasteiger partial charge in [-0.2, -0.15) is 22.7 Å². The highest BCUT2D eigenvalue weighted by molar-refractivity contribution is 6.33. The zero-order valence-electron chi connectivity index (χ0n) is 26.9. The highest BCUT2D eigenvalue weighted by atomic mass is 35.5. The Balaban J connectivity index is 1.25. The van der Waals surface area contributed by atoms with E-state index >= 15 is 0 Å². The number of ether oxygens (including phenoxy) is 1. The summed E-state index contributed by atoms with van der Waals surface area (Å²) >= 11 is 6.18. The largest absolute Gasteiger partial charge is 0.504 e. The molecule has 3 aromatic heterocycles. The molecule has 0 spiro atoms. The number of nitrogens with zero attached hydrogens (tertiary/aromatic N) is 9. The summed E-state index contributed by atoms with van der Waals surface area (Å²) in [6, 6.07) is 1.77. The van der Waals surface area contributed by atoms with Gasteiger partial charge in [-0.25, -0.2) is 9.97 Å². The Hall–Kier alpha value is -4.97. The second-order valence-electron chi connectivity index (χ2n) is 12.4. The van der Waals surface area contributed by atoms with E-state index in [1.807, 2.05) is 16.7 Å². The van der Waals surface area contributed by atoms with Gasteiger partial charge in [-0.3, -0.25) is 19.0 Å². The Morgan fingerprint density at radius 3 is 2.46 bits per heavy atom. The molecule has 1 aromatic carbocycles. The summed E-state index contributed by atoms with van der Waals surface area (Å²) in [5.41, 5.74) is -0.373. The van der Waals surface area contributed by atoms with Crippen molar-refractivity contribution < 1.29 is 32.6 Å². The minimum absolute atomic E-state index is 0.00392. The standard InChI is InChI=1S/C31H32ClF3N10O5/c1-16-13-21(26(47)38-20-4-3-18(14-19(20)32)31(33,34)35)44-23(16)24(28(49)45-30(44)39-29(40-45)43-9-11-50-12-10-43)41-5-7-42(8-6-41)27(48)22-25(46)17(2)36-15-37-22/h3-4,14-16,21,46H,5-13H2,1-2H3,(H,38,47)/t16-,21-/m1/s1. The predicted octanol–water partition coefficient (Wildman–Crippen LogP) is 2.85. The van der Waals surface area contributed by atoms with Gasteiger partial charge in [0.2, 0.25) is 17.6 Å². The number of hydrogen-bond donors (Lipinski definition) is 2. The summed E-state index contributed by atoms with van der Waals surface area (Å²) < 4.78 is 48.1. The number of aromatic hydroxyl groups is 1. The van der Waals surface area contributed by atoms with E-state index in [-0.39, 0.29) is 78.1 Å². The number of morpholine rings is 1. The number of aryl methyl sites for hydroxylation is 1. The van der Waals surface area contributed by atoms with Gasteiger partial charge in [-0.15, -0.1) is 5.10 Å². The summed E-state index contributed by atoms with van der Waals surface area (Å²) in [7, 11) is 0. The van der Waals surface area contributed by atoms with Crippen LogP contribution in [0.1, 0.15) is 52.7 Å². The van der Waals surface area contributed by atoms with Crippen LogP contribution in [0.5, 0.6) is 5.75 Å². The molecule has 50 heavy (non-hydrogen) atoms. The van der Waals surface area contributed by atoms with Crippen LogP contribution in [0.25, 0.3) is 5.78 Å². The first kappa shape index (κ1) is 33.5. The fourth-order valence-corrected chi connectivity index (χ4v) is 6.91. The van der Waals surface area contributed by atoms with Crippen LogP contribution in [-0.4, -0.2) is 103 Å². The molecule has 6 heterocycles. The van der Waals surface area contributed by atoms with Crippen LogP contribution in [0.15, 0.2) is 29.3 Å². The lowest BCUT2D eigenvalue weighted by molar-refractivity contribution is -0.137. The number of amides is 2. The van der Waals surface area contributed by atoms with Gasteiger partial charge >= 0.3 is 6.18 Å². The highest BCUT2D eigenvalue weighted by Gasteiger charge is 2.41. The number of piperazine rings is 1. The smallest absolute Gasteiger partial charge is 0.416 e. The van der Waals surface area contributed by atoms with Crippen molar-refractivity contribution in [1.82, 2.24) is 34.0 Å². The second kappa shape index (κ2) is 12.7. The molecule has 264 valence electrons. The number of anilines is 3. The molecule has 2 N–H and O–H groups in total. The van der Waals surface area contributed by atoms with Crippen molar-refractivity contribution in [2.75, 3.05) is 67.6 Å². The molecule has 15 nitrogen and oxygen atoms in total. The Morgan fingerprint density at radius 2 is 1.78 bits per heavy atom. The van der Waals surface area contributed by atoms with Crippen molar-refractivity contribution in [2.45, 2.75) is 38.4 Å². The molecule has 2 atom stereocenters. The fourth-order valence-electron chi connectivity index (χ4n) is 6.68. The molecule has 0 aliphatic carbocycles. The molecule has 0 unspecified atom stereocenters. The van der Waals surface area contributed by atoms with E-state index in [2.05, 4.69) is 20.4 Å². The third-order valence-corrected chi connectivity index (χ3v) is 9.60. The van der Waals surface area contributed by atoms with Crippen LogP contribution >= 0.6 is 11.6 Å². The first-order valence-corrected chi connectivity index (χ1v) is 16.3. The topological polar surface area (TPSA) is 163 Å². The fraction of sp³-hybridized carbons (Fsp3) is 0.452. The van der Waals surface area contributed by atoms with Gasteiger partial charge in [0.1, 0.15) is 18.1 Å². The molecule has 0 bridgehead atoms. The van der Waals surface area contributed by atoms with Gasteiger partial charge in [0.05, 0.1) is 40.9 Å². The Bertz CT molecular complexity index is 2060. The molecule has 2 fully saturated rings. The third-order valence-electron chi connectivity index (χ3n) is 9.29. The predicted molar refractivity (Wildman–Crippen MR) is 174 cm³/mol. The first-order valence-electron chi connectivity index (χ1n) is 15.9.